The molecule has 0 fully saturated rings. The van der Waals surface area contributed by atoms with Crippen LogP contribution < -0.4 is 5.32 Å². The highest BCUT2D eigenvalue weighted by atomic mass is 35.5. The van der Waals surface area contributed by atoms with Gasteiger partial charge in [-0.3, -0.25) is 9.59 Å². The van der Waals surface area contributed by atoms with Crippen molar-refractivity contribution in [2.45, 2.75) is 6.92 Å². The van der Waals surface area contributed by atoms with Crippen LogP contribution in [0.15, 0.2) is 66.7 Å². The fraction of sp³-hybridized carbons (Fsp3) is 0.0476. The third-order valence-corrected chi connectivity index (χ3v) is 4.43. The molecule has 1 amide bonds. The number of ketones is 1. The van der Waals surface area contributed by atoms with Gasteiger partial charge in [-0.15, -0.1) is 0 Å². The quantitative estimate of drug-likeness (QED) is 0.579. The Morgan fingerprint density at radius 3 is 2.27 bits per heavy atom. The number of anilines is 1. The number of aryl methyl sites for hydroxylation is 1. The molecular weight excluding hydrogens is 369 g/mol. The van der Waals surface area contributed by atoms with E-state index in [1.165, 1.54) is 0 Å². The van der Waals surface area contributed by atoms with Crippen molar-refractivity contribution < 1.29 is 9.59 Å². The Hall–Kier alpha value is -2.62. The maximum atomic E-state index is 12.8. The average Bonchev–Trinajstić information content (AvgIpc) is 2.63. The number of amides is 1. The van der Waals surface area contributed by atoms with Crippen LogP contribution in [-0.4, -0.2) is 11.7 Å². The van der Waals surface area contributed by atoms with Gasteiger partial charge in [-0.2, -0.15) is 0 Å². The summed E-state index contributed by atoms with van der Waals surface area (Å²) in [6.45, 7) is 1.89. The van der Waals surface area contributed by atoms with Gasteiger partial charge in [0.2, 0.25) is 0 Å². The van der Waals surface area contributed by atoms with Crippen LogP contribution >= 0.6 is 23.2 Å². The van der Waals surface area contributed by atoms with Crippen LogP contribution in [0, 0.1) is 6.92 Å². The van der Waals surface area contributed by atoms with E-state index in [4.69, 9.17) is 23.2 Å². The maximum Gasteiger partial charge on any atom is 0.257 e. The molecule has 0 radical (unpaired) electrons. The van der Waals surface area contributed by atoms with E-state index < -0.39 is 0 Å². The summed E-state index contributed by atoms with van der Waals surface area (Å²) in [5.74, 6) is -0.613. The molecular formula is C21H15Cl2NO2. The second-order valence-corrected chi connectivity index (χ2v) is 6.67. The normalized spacial score (nSPS) is 10.4. The number of nitrogens with one attached hydrogen (secondary N) is 1. The summed E-state index contributed by atoms with van der Waals surface area (Å²) in [7, 11) is 0. The number of hydrogen-bond acceptors (Lipinski definition) is 2. The van der Waals surface area contributed by atoms with E-state index in [1.54, 1.807) is 60.7 Å². The van der Waals surface area contributed by atoms with Crippen molar-refractivity contribution >= 4 is 40.6 Å². The lowest BCUT2D eigenvalue weighted by Crippen LogP contribution is -2.15. The van der Waals surface area contributed by atoms with E-state index in [0.29, 0.717) is 32.4 Å². The standard InChI is InChI=1S/C21H15Cl2NO2/c1-13-7-9-16(18(23)11-13)21(26)24-19-10-8-15(22)12-17(19)20(25)14-5-3-2-4-6-14/h2-12H,1H3,(H,24,26). The lowest BCUT2D eigenvalue weighted by atomic mass is 10.0. The Morgan fingerprint density at radius 1 is 0.846 bits per heavy atom. The minimum Gasteiger partial charge on any atom is -0.321 e. The highest BCUT2D eigenvalue weighted by molar-refractivity contribution is 6.34. The van der Waals surface area contributed by atoms with Crippen molar-refractivity contribution in [3.63, 3.8) is 0 Å². The molecule has 0 unspecified atom stereocenters. The first-order chi connectivity index (χ1) is 12.5. The van der Waals surface area contributed by atoms with Crippen LogP contribution in [-0.2, 0) is 0 Å². The zero-order valence-corrected chi connectivity index (χ0v) is 15.4. The first-order valence-electron chi connectivity index (χ1n) is 7.92. The van der Waals surface area contributed by atoms with Gasteiger partial charge in [0.25, 0.3) is 5.91 Å². The van der Waals surface area contributed by atoms with Crippen molar-refractivity contribution in [1.82, 2.24) is 0 Å². The van der Waals surface area contributed by atoms with Gasteiger partial charge in [-0.05, 0) is 42.8 Å². The van der Waals surface area contributed by atoms with Crippen molar-refractivity contribution in [3.05, 3.63) is 99.0 Å². The molecule has 1 N–H and O–H groups in total. The lowest BCUT2D eigenvalue weighted by molar-refractivity contribution is 0.102. The SMILES string of the molecule is Cc1ccc(C(=O)Nc2ccc(Cl)cc2C(=O)c2ccccc2)c(Cl)c1. The van der Waals surface area contributed by atoms with Crippen molar-refractivity contribution in [3.8, 4) is 0 Å². The van der Waals surface area contributed by atoms with Crippen molar-refractivity contribution in [2.75, 3.05) is 5.32 Å². The van der Waals surface area contributed by atoms with Crippen LogP contribution in [0.2, 0.25) is 10.0 Å². The molecule has 3 aromatic rings. The summed E-state index contributed by atoms with van der Waals surface area (Å²) >= 11 is 12.2. The highest BCUT2D eigenvalue weighted by Crippen LogP contribution is 2.25. The minimum absolute atomic E-state index is 0.224. The minimum atomic E-state index is -0.389. The van der Waals surface area contributed by atoms with Gasteiger partial charge < -0.3 is 5.32 Å². The molecule has 0 bridgehead atoms. The van der Waals surface area contributed by atoms with E-state index in [1.807, 2.05) is 13.0 Å². The fourth-order valence-electron chi connectivity index (χ4n) is 2.55. The monoisotopic (exact) mass is 383 g/mol. The molecule has 3 rings (SSSR count). The van der Waals surface area contributed by atoms with E-state index >= 15 is 0 Å². The number of rotatable bonds is 4. The Morgan fingerprint density at radius 2 is 1.58 bits per heavy atom. The predicted molar refractivity (Wildman–Crippen MR) is 105 cm³/mol. The largest absolute Gasteiger partial charge is 0.321 e. The van der Waals surface area contributed by atoms with E-state index in [9.17, 15) is 9.59 Å². The Labute approximate surface area is 161 Å². The van der Waals surface area contributed by atoms with Gasteiger partial charge in [0.05, 0.1) is 16.3 Å². The molecule has 0 aromatic heterocycles. The molecule has 0 aliphatic carbocycles. The predicted octanol–water partition coefficient (Wildman–Crippen LogP) is 5.79. The Balaban J connectivity index is 1.95. The molecule has 0 aliphatic heterocycles. The van der Waals surface area contributed by atoms with E-state index in [2.05, 4.69) is 5.32 Å². The topological polar surface area (TPSA) is 46.2 Å². The number of halogens is 2. The molecule has 0 atom stereocenters. The molecule has 0 saturated heterocycles. The van der Waals surface area contributed by atoms with Gasteiger partial charge in [-0.25, -0.2) is 0 Å². The molecule has 26 heavy (non-hydrogen) atoms. The molecule has 5 heteroatoms. The fourth-order valence-corrected chi connectivity index (χ4v) is 3.05. The number of hydrogen-bond donors (Lipinski definition) is 1. The van der Waals surface area contributed by atoms with Crippen LogP contribution in [0.3, 0.4) is 0 Å². The molecule has 130 valence electrons. The summed E-state index contributed by atoms with van der Waals surface area (Å²) in [6, 6.07) is 18.8. The maximum absolute atomic E-state index is 12.8. The van der Waals surface area contributed by atoms with Crippen molar-refractivity contribution in [2.24, 2.45) is 0 Å². The molecule has 0 saturated carbocycles. The summed E-state index contributed by atoms with van der Waals surface area (Å²) in [5, 5.41) is 3.53. The Kier molecular flexibility index (Phi) is 5.40. The third-order valence-electron chi connectivity index (χ3n) is 3.88. The van der Waals surface area contributed by atoms with E-state index in [0.717, 1.165) is 5.56 Å². The van der Waals surface area contributed by atoms with Gasteiger partial charge in [0.15, 0.2) is 5.78 Å². The smallest absolute Gasteiger partial charge is 0.257 e. The first-order valence-corrected chi connectivity index (χ1v) is 8.68. The van der Waals surface area contributed by atoms with Gasteiger partial charge in [-0.1, -0.05) is 59.6 Å². The number of carbonyl (C=O) groups is 2. The van der Waals surface area contributed by atoms with Crippen LogP contribution in [0.4, 0.5) is 5.69 Å². The lowest BCUT2D eigenvalue weighted by Gasteiger charge is -2.12. The molecule has 3 nitrogen and oxygen atoms in total. The van der Waals surface area contributed by atoms with Crippen LogP contribution in [0.25, 0.3) is 0 Å². The van der Waals surface area contributed by atoms with Gasteiger partial charge >= 0.3 is 0 Å². The molecule has 0 heterocycles. The highest BCUT2D eigenvalue weighted by Gasteiger charge is 2.18. The van der Waals surface area contributed by atoms with Crippen LogP contribution in [0.1, 0.15) is 31.8 Å². The van der Waals surface area contributed by atoms with Gasteiger partial charge in [0, 0.05) is 16.1 Å². The second kappa shape index (κ2) is 7.73. The summed E-state index contributed by atoms with van der Waals surface area (Å²) in [5.41, 5.74) is 2.51. The van der Waals surface area contributed by atoms with E-state index in [-0.39, 0.29) is 11.7 Å². The zero-order valence-electron chi connectivity index (χ0n) is 13.9. The van der Waals surface area contributed by atoms with Crippen molar-refractivity contribution in [1.29, 1.82) is 0 Å². The number of benzene rings is 3. The molecule has 0 spiro atoms. The summed E-state index contributed by atoms with van der Waals surface area (Å²) in [6.07, 6.45) is 0. The third kappa shape index (κ3) is 3.96. The zero-order chi connectivity index (χ0) is 18.7. The number of carbonyl (C=O) groups excluding carboxylic acids is 2. The Bertz CT molecular complexity index is 985. The molecule has 0 aliphatic rings. The second-order valence-electron chi connectivity index (χ2n) is 5.82. The van der Waals surface area contributed by atoms with Gasteiger partial charge in [0.1, 0.15) is 0 Å². The average molecular weight is 384 g/mol. The molecule has 3 aromatic carbocycles. The van der Waals surface area contributed by atoms with Crippen LogP contribution in [0.5, 0.6) is 0 Å². The summed E-state index contributed by atoms with van der Waals surface area (Å²) in [4.78, 5) is 25.4. The first kappa shape index (κ1) is 18.2. The summed E-state index contributed by atoms with van der Waals surface area (Å²) < 4.78 is 0.